The van der Waals surface area contributed by atoms with E-state index in [9.17, 15) is 0 Å². The zero-order valence-corrected chi connectivity index (χ0v) is 4.18. The maximum Gasteiger partial charge on any atom is 0.108 e. The quantitative estimate of drug-likeness (QED) is 0.460. The highest BCUT2D eigenvalue weighted by Crippen LogP contribution is 2.22. The molecule has 1 N–H and O–H groups in total. The van der Waals surface area contributed by atoms with Crippen molar-refractivity contribution in [3.63, 3.8) is 0 Å². The molecule has 7 heavy (non-hydrogen) atoms. The van der Waals surface area contributed by atoms with Crippen LogP contribution in [0.1, 0.15) is 6.42 Å². The normalized spacial score (nSPS) is 48.0. The number of rotatable bonds is 0. The van der Waals surface area contributed by atoms with Gasteiger partial charge < -0.3 is 4.74 Å². The van der Waals surface area contributed by atoms with Crippen LogP contribution in [0.4, 0.5) is 0 Å². The lowest BCUT2D eigenvalue weighted by Crippen LogP contribution is -2.28. The fourth-order valence-corrected chi connectivity index (χ4v) is 1.27. The zero-order valence-electron chi connectivity index (χ0n) is 4.18. The summed E-state index contributed by atoms with van der Waals surface area (Å²) in [6.45, 7) is 2.18. The molecule has 40 valence electrons. The summed E-state index contributed by atoms with van der Waals surface area (Å²) in [6, 6.07) is 0. The lowest BCUT2D eigenvalue weighted by Gasteiger charge is -2.10. The van der Waals surface area contributed by atoms with Gasteiger partial charge >= 0.3 is 0 Å². The first-order chi connectivity index (χ1) is 3.45. The smallest absolute Gasteiger partial charge is 0.108 e. The van der Waals surface area contributed by atoms with E-state index in [1.165, 1.54) is 13.0 Å². The van der Waals surface area contributed by atoms with Crippen LogP contribution in [0.3, 0.4) is 0 Å². The van der Waals surface area contributed by atoms with Gasteiger partial charge in [0, 0.05) is 6.54 Å². The van der Waals surface area contributed by atoms with Gasteiger partial charge in [-0.15, -0.1) is 0 Å². The fraction of sp³-hybridized carbons (Fsp3) is 1.00. The van der Waals surface area contributed by atoms with Crippen molar-refractivity contribution in [2.75, 3.05) is 13.2 Å². The Balaban J connectivity index is 2.12. The summed E-state index contributed by atoms with van der Waals surface area (Å²) < 4.78 is 5.24. The van der Waals surface area contributed by atoms with Gasteiger partial charge in [-0.1, -0.05) is 0 Å². The van der Waals surface area contributed by atoms with Gasteiger partial charge in [-0.3, -0.25) is 5.32 Å². The zero-order chi connectivity index (χ0) is 4.69. The molecule has 2 atom stereocenters. The molecule has 2 aliphatic rings. The summed E-state index contributed by atoms with van der Waals surface area (Å²) in [6.07, 6.45) is 1.67. The average Bonchev–Trinajstić information content (AvgIpc) is 2.22. The van der Waals surface area contributed by atoms with Crippen LogP contribution in [-0.2, 0) is 4.74 Å². The third-order valence-corrected chi connectivity index (χ3v) is 1.71. The molecule has 2 bridgehead atoms. The summed E-state index contributed by atoms with van der Waals surface area (Å²) in [5.74, 6) is 0.838. The Hall–Kier alpha value is -0.0800. The molecule has 0 aromatic heterocycles. The van der Waals surface area contributed by atoms with Crippen LogP contribution in [0.25, 0.3) is 0 Å². The molecule has 2 heterocycles. The maximum absolute atomic E-state index is 5.24. The van der Waals surface area contributed by atoms with Crippen molar-refractivity contribution in [1.29, 1.82) is 0 Å². The summed E-state index contributed by atoms with van der Waals surface area (Å²) >= 11 is 0. The minimum Gasteiger partial charge on any atom is -0.363 e. The van der Waals surface area contributed by atoms with Crippen molar-refractivity contribution in [2.24, 2.45) is 5.92 Å². The molecule has 2 nitrogen and oxygen atoms in total. The van der Waals surface area contributed by atoms with E-state index < -0.39 is 0 Å². The molecule has 0 spiro atoms. The molecule has 0 radical (unpaired) electrons. The Morgan fingerprint density at radius 3 is 2.71 bits per heavy atom. The summed E-state index contributed by atoms with van der Waals surface area (Å²) in [4.78, 5) is 0. The molecule has 0 aromatic rings. The van der Waals surface area contributed by atoms with Gasteiger partial charge in [-0.25, -0.2) is 0 Å². The second-order valence-corrected chi connectivity index (χ2v) is 2.33. The van der Waals surface area contributed by atoms with Crippen LogP contribution >= 0.6 is 0 Å². The Labute approximate surface area is 42.9 Å². The van der Waals surface area contributed by atoms with E-state index in [0.29, 0.717) is 6.23 Å². The van der Waals surface area contributed by atoms with Crippen molar-refractivity contribution >= 4 is 0 Å². The van der Waals surface area contributed by atoms with E-state index in [4.69, 9.17) is 4.74 Å². The first kappa shape index (κ1) is 3.87. The van der Waals surface area contributed by atoms with Gasteiger partial charge in [-0.05, 0) is 12.3 Å². The van der Waals surface area contributed by atoms with Gasteiger partial charge in [0.05, 0.1) is 6.61 Å². The van der Waals surface area contributed by atoms with Crippen LogP contribution in [0.15, 0.2) is 0 Å². The number of hydrogen-bond donors (Lipinski definition) is 1. The molecule has 0 aliphatic carbocycles. The first-order valence-electron chi connectivity index (χ1n) is 2.80. The van der Waals surface area contributed by atoms with E-state index >= 15 is 0 Å². The third-order valence-electron chi connectivity index (χ3n) is 1.71. The van der Waals surface area contributed by atoms with Crippen molar-refractivity contribution in [3.05, 3.63) is 0 Å². The van der Waals surface area contributed by atoms with Crippen molar-refractivity contribution in [3.8, 4) is 0 Å². The third kappa shape index (κ3) is 0.469. The molecule has 0 saturated carbocycles. The average molecular weight is 99.1 g/mol. The maximum atomic E-state index is 5.24. The SMILES string of the molecule is C1NC2CC1CO2. The molecule has 2 saturated heterocycles. The highest BCUT2D eigenvalue weighted by molar-refractivity contribution is 4.80. The largest absolute Gasteiger partial charge is 0.363 e. The van der Waals surface area contributed by atoms with Gasteiger partial charge in [-0.2, -0.15) is 0 Å². The van der Waals surface area contributed by atoms with Crippen LogP contribution in [0.2, 0.25) is 0 Å². The number of fused-ring (bicyclic) bond motifs is 2. The molecule has 2 heteroatoms. The Morgan fingerprint density at radius 1 is 1.57 bits per heavy atom. The topological polar surface area (TPSA) is 21.3 Å². The molecule has 2 aliphatic heterocycles. The summed E-state index contributed by atoms with van der Waals surface area (Å²) in [5, 5.41) is 3.23. The van der Waals surface area contributed by atoms with Crippen molar-refractivity contribution in [2.45, 2.75) is 12.6 Å². The summed E-state index contributed by atoms with van der Waals surface area (Å²) in [7, 11) is 0. The Morgan fingerprint density at radius 2 is 2.57 bits per heavy atom. The van der Waals surface area contributed by atoms with Crippen LogP contribution in [0, 0.1) is 5.92 Å². The molecule has 2 rings (SSSR count). The number of ether oxygens (including phenoxy) is 1. The van der Waals surface area contributed by atoms with E-state index in [-0.39, 0.29) is 0 Å². The molecule has 0 aromatic carbocycles. The first-order valence-corrected chi connectivity index (χ1v) is 2.80. The predicted octanol–water partition coefficient (Wildman–Crippen LogP) is -0.0478. The minimum atomic E-state index is 0.421. The van der Waals surface area contributed by atoms with Gasteiger partial charge in [0.1, 0.15) is 6.23 Å². The second-order valence-electron chi connectivity index (χ2n) is 2.33. The molecule has 2 fully saturated rings. The van der Waals surface area contributed by atoms with E-state index in [1.807, 2.05) is 0 Å². The van der Waals surface area contributed by atoms with E-state index in [2.05, 4.69) is 5.32 Å². The Kier molecular flexibility index (Phi) is 0.664. The van der Waals surface area contributed by atoms with E-state index in [0.717, 1.165) is 12.5 Å². The summed E-state index contributed by atoms with van der Waals surface area (Å²) in [5.41, 5.74) is 0. The van der Waals surface area contributed by atoms with Crippen LogP contribution in [-0.4, -0.2) is 19.4 Å². The highest BCUT2D eigenvalue weighted by Gasteiger charge is 2.31. The highest BCUT2D eigenvalue weighted by atomic mass is 16.5. The molecule has 2 unspecified atom stereocenters. The van der Waals surface area contributed by atoms with E-state index in [1.54, 1.807) is 0 Å². The minimum absolute atomic E-state index is 0.421. The number of hydrogen-bond acceptors (Lipinski definition) is 2. The van der Waals surface area contributed by atoms with Crippen LogP contribution < -0.4 is 5.32 Å². The van der Waals surface area contributed by atoms with Gasteiger partial charge in [0.2, 0.25) is 0 Å². The lowest BCUT2D eigenvalue weighted by molar-refractivity contribution is 0.0625. The standard InChI is InChI=1S/C5H9NO/c1-4-2-6-5(1)7-3-4/h4-6H,1-3H2. The molecular weight excluding hydrogens is 90.1 g/mol. The van der Waals surface area contributed by atoms with Crippen molar-refractivity contribution < 1.29 is 4.74 Å². The number of nitrogens with one attached hydrogen (secondary N) is 1. The monoisotopic (exact) mass is 99.1 g/mol. The van der Waals surface area contributed by atoms with Gasteiger partial charge in [0.15, 0.2) is 0 Å². The molecule has 0 amide bonds. The molecular formula is C5H9NO. The van der Waals surface area contributed by atoms with Gasteiger partial charge in [0.25, 0.3) is 0 Å². The predicted molar refractivity (Wildman–Crippen MR) is 25.8 cm³/mol. The Bertz CT molecular complexity index is 66.1. The van der Waals surface area contributed by atoms with Crippen LogP contribution in [0.5, 0.6) is 0 Å². The fourth-order valence-electron chi connectivity index (χ4n) is 1.27. The van der Waals surface area contributed by atoms with Crippen molar-refractivity contribution in [1.82, 2.24) is 5.32 Å². The second kappa shape index (κ2) is 1.20. The lowest BCUT2D eigenvalue weighted by atomic mass is 10.2.